The largest absolute Gasteiger partial charge is 0.493 e. The zero-order chi connectivity index (χ0) is 20.8. The lowest BCUT2D eigenvalue weighted by Gasteiger charge is -2.38. The molecule has 1 N–H and O–H groups in total. The van der Waals surface area contributed by atoms with Crippen LogP contribution in [0.5, 0.6) is 17.2 Å². The van der Waals surface area contributed by atoms with Gasteiger partial charge >= 0.3 is 0 Å². The van der Waals surface area contributed by atoms with E-state index in [0.717, 1.165) is 26.2 Å². The topological polar surface area (TPSA) is 63.3 Å². The number of hydrogen-bond donors (Lipinski definition) is 1. The Hall–Kier alpha value is -2.29. The Morgan fingerprint density at radius 1 is 1.10 bits per heavy atom. The molecule has 1 saturated heterocycles. The molecule has 0 saturated carbocycles. The van der Waals surface area contributed by atoms with Crippen LogP contribution in [0.2, 0.25) is 0 Å². The number of likely N-dealkylation sites (N-methyl/N-ethyl adjacent to an activating group) is 1. The second-order valence-electron chi connectivity index (χ2n) is 7.04. The Labute approximate surface area is 176 Å². The highest BCUT2D eigenvalue weighted by atomic mass is 32.1. The van der Waals surface area contributed by atoms with Crippen LogP contribution in [0.1, 0.15) is 22.0 Å². The van der Waals surface area contributed by atoms with Crippen molar-refractivity contribution < 1.29 is 19.0 Å². The van der Waals surface area contributed by atoms with E-state index in [-0.39, 0.29) is 11.9 Å². The molecular formula is C21H29N3O4S. The van der Waals surface area contributed by atoms with Crippen LogP contribution >= 0.6 is 11.3 Å². The van der Waals surface area contributed by atoms with E-state index < -0.39 is 0 Å². The zero-order valence-electron chi connectivity index (χ0n) is 17.4. The van der Waals surface area contributed by atoms with Crippen molar-refractivity contribution >= 4 is 17.2 Å². The zero-order valence-corrected chi connectivity index (χ0v) is 18.3. The minimum atomic E-state index is -0.168. The van der Waals surface area contributed by atoms with Gasteiger partial charge in [0.05, 0.1) is 27.4 Å². The van der Waals surface area contributed by atoms with E-state index in [1.165, 1.54) is 5.56 Å². The number of carbonyl (C=O) groups excluding carboxylic acids is 1. The Balaban J connectivity index is 1.75. The van der Waals surface area contributed by atoms with Gasteiger partial charge in [-0.1, -0.05) is 0 Å². The first-order chi connectivity index (χ1) is 14.1. The highest BCUT2D eigenvalue weighted by Gasteiger charge is 2.25. The average molecular weight is 420 g/mol. The number of ether oxygens (including phenoxy) is 3. The summed E-state index contributed by atoms with van der Waals surface area (Å²) < 4.78 is 16.1. The minimum Gasteiger partial charge on any atom is -0.493 e. The first-order valence-electron chi connectivity index (χ1n) is 9.60. The summed E-state index contributed by atoms with van der Waals surface area (Å²) in [5.41, 5.74) is 1.71. The summed E-state index contributed by atoms with van der Waals surface area (Å²) in [6.07, 6.45) is 0. The number of amides is 1. The van der Waals surface area contributed by atoms with Crippen LogP contribution in [0.4, 0.5) is 0 Å². The van der Waals surface area contributed by atoms with Crippen molar-refractivity contribution in [2.75, 3.05) is 61.1 Å². The Kier molecular flexibility index (Phi) is 7.35. The summed E-state index contributed by atoms with van der Waals surface area (Å²) in [7, 11) is 6.77. The molecule has 1 atom stereocenters. The fourth-order valence-electron chi connectivity index (χ4n) is 3.56. The molecule has 0 radical (unpaired) electrons. The Morgan fingerprint density at radius 3 is 2.28 bits per heavy atom. The third kappa shape index (κ3) is 5.01. The van der Waals surface area contributed by atoms with Crippen molar-refractivity contribution in [3.8, 4) is 17.2 Å². The second-order valence-corrected chi connectivity index (χ2v) is 7.82. The Morgan fingerprint density at radius 2 is 1.76 bits per heavy atom. The monoisotopic (exact) mass is 419 g/mol. The first kappa shape index (κ1) is 21.4. The molecule has 0 unspecified atom stereocenters. The summed E-state index contributed by atoms with van der Waals surface area (Å²) >= 11 is 1.68. The number of nitrogens with one attached hydrogen (secondary N) is 1. The van der Waals surface area contributed by atoms with E-state index in [4.69, 9.17) is 14.2 Å². The molecule has 0 spiro atoms. The number of thiophene rings is 1. The van der Waals surface area contributed by atoms with E-state index in [9.17, 15) is 4.79 Å². The molecule has 29 heavy (non-hydrogen) atoms. The molecule has 2 heterocycles. The van der Waals surface area contributed by atoms with Crippen molar-refractivity contribution in [2.45, 2.75) is 6.04 Å². The van der Waals surface area contributed by atoms with Crippen molar-refractivity contribution in [3.63, 3.8) is 0 Å². The van der Waals surface area contributed by atoms with Crippen molar-refractivity contribution in [2.24, 2.45) is 0 Å². The minimum absolute atomic E-state index is 0.154. The standard InChI is InChI=1S/C21H29N3O4S/c1-23-6-8-24(9-7-23)17(15-5-10-29-14-15)13-22-21(25)16-11-18(26-2)20(28-4)19(12-16)27-3/h5,10-12,14,17H,6-9,13H2,1-4H3,(H,22,25)/t17-/m0/s1. The molecule has 2 aromatic rings. The number of piperazine rings is 1. The van der Waals surface area contributed by atoms with Crippen LogP contribution in [0, 0.1) is 0 Å². The number of benzene rings is 1. The number of nitrogens with zero attached hydrogens (tertiary/aromatic N) is 2. The number of hydrogen-bond acceptors (Lipinski definition) is 7. The van der Waals surface area contributed by atoms with Crippen LogP contribution in [0.25, 0.3) is 0 Å². The van der Waals surface area contributed by atoms with Gasteiger partial charge in [0.1, 0.15) is 0 Å². The SMILES string of the molecule is COc1cc(C(=O)NC[C@@H](c2ccsc2)N2CCN(C)CC2)cc(OC)c1OC. The molecule has 8 heteroatoms. The highest BCUT2D eigenvalue weighted by molar-refractivity contribution is 7.07. The van der Waals surface area contributed by atoms with Gasteiger partial charge in [0, 0.05) is 38.3 Å². The van der Waals surface area contributed by atoms with E-state index in [1.54, 1.807) is 44.8 Å². The van der Waals surface area contributed by atoms with Gasteiger partial charge in [-0.25, -0.2) is 0 Å². The molecule has 1 fully saturated rings. The number of carbonyl (C=O) groups is 1. The lowest BCUT2D eigenvalue weighted by atomic mass is 10.1. The first-order valence-corrected chi connectivity index (χ1v) is 10.5. The van der Waals surface area contributed by atoms with E-state index in [2.05, 4.69) is 39.0 Å². The smallest absolute Gasteiger partial charge is 0.251 e. The summed E-state index contributed by atoms with van der Waals surface area (Å²) in [4.78, 5) is 17.7. The molecule has 158 valence electrons. The average Bonchev–Trinajstić information content (AvgIpc) is 3.28. The molecule has 1 aromatic heterocycles. The molecule has 1 aliphatic rings. The quantitative estimate of drug-likeness (QED) is 0.709. The summed E-state index contributed by atoms with van der Waals surface area (Å²) in [6.45, 7) is 4.56. The van der Waals surface area contributed by atoms with Crippen molar-refractivity contribution in [3.05, 3.63) is 40.1 Å². The van der Waals surface area contributed by atoms with Gasteiger partial charge in [0.2, 0.25) is 5.75 Å². The molecule has 0 aliphatic carbocycles. The van der Waals surface area contributed by atoms with Gasteiger partial charge in [0.15, 0.2) is 11.5 Å². The van der Waals surface area contributed by atoms with Gasteiger partial charge in [-0.2, -0.15) is 11.3 Å². The van der Waals surface area contributed by atoms with E-state index >= 15 is 0 Å². The normalized spacial score (nSPS) is 16.3. The van der Waals surface area contributed by atoms with Crippen molar-refractivity contribution in [1.82, 2.24) is 15.1 Å². The molecule has 0 bridgehead atoms. The maximum absolute atomic E-state index is 12.9. The number of methoxy groups -OCH3 is 3. The van der Waals surface area contributed by atoms with Gasteiger partial charge in [-0.15, -0.1) is 0 Å². The molecule has 3 rings (SSSR count). The molecule has 7 nitrogen and oxygen atoms in total. The van der Waals surface area contributed by atoms with Crippen LogP contribution in [-0.4, -0.2) is 76.8 Å². The molecular weight excluding hydrogens is 390 g/mol. The fourth-order valence-corrected chi connectivity index (χ4v) is 4.27. The number of rotatable bonds is 8. The molecule has 1 aromatic carbocycles. The van der Waals surface area contributed by atoms with Crippen LogP contribution in [-0.2, 0) is 0 Å². The maximum Gasteiger partial charge on any atom is 0.251 e. The van der Waals surface area contributed by atoms with Crippen molar-refractivity contribution in [1.29, 1.82) is 0 Å². The predicted molar refractivity (Wildman–Crippen MR) is 115 cm³/mol. The van der Waals surface area contributed by atoms with E-state index in [1.807, 2.05) is 0 Å². The van der Waals surface area contributed by atoms with Crippen LogP contribution in [0.15, 0.2) is 29.0 Å². The Bertz CT molecular complexity index is 779. The summed E-state index contributed by atoms with van der Waals surface area (Å²) in [5, 5.41) is 7.34. The van der Waals surface area contributed by atoms with Gasteiger partial charge in [-0.05, 0) is 41.6 Å². The van der Waals surface area contributed by atoms with E-state index in [0.29, 0.717) is 29.4 Å². The molecule has 1 amide bonds. The van der Waals surface area contributed by atoms with Gasteiger partial charge < -0.3 is 24.4 Å². The van der Waals surface area contributed by atoms with Crippen LogP contribution in [0.3, 0.4) is 0 Å². The predicted octanol–water partition coefficient (Wildman–Crippen LogP) is 2.49. The van der Waals surface area contributed by atoms with Gasteiger partial charge in [-0.3, -0.25) is 9.69 Å². The second kappa shape index (κ2) is 9.96. The highest BCUT2D eigenvalue weighted by Crippen LogP contribution is 2.38. The maximum atomic E-state index is 12.9. The molecule has 1 aliphatic heterocycles. The lowest BCUT2D eigenvalue weighted by molar-refractivity contribution is 0.0886. The third-order valence-corrected chi connectivity index (χ3v) is 5.99. The fraction of sp³-hybridized carbons (Fsp3) is 0.476. The van der Waals surface area contributed by atoms with Crippen LogP contribution < -0.4 is 19.5 Å². The third-order valence-electron chi connectivity index (χ3n) is 5.29. The summed E-state index contributed by atoms with van der Waals surface area (Å²) in [5.74, 6) is 1.23. The lowest BCUT2D eigenvalue weighted by Crippen LogP contribution is -2.48. The summed E-state index contributed by atoms with van der Waals surface area (Å²) in [6, 6.07) is 5.64. The van der Waals surface area contributed by atoms with Gasteiger partial charge in [0.25, 0.3) is 5.91 Å².